The van der Waals surface area contributed by atoms with Crippen molar-refractivity contribution in [2.45, 2.75) is 24.7 Å². The lowest BCUT2D eigenvalue weighted by molar-refractivity contribution is -0.130. The van der Waals surface area contributed by atoms with Crippen LogP contribution in [-0.2, 0) is 19.6 Å². The van der Waals surface area contributed by atoms with E-state index in [0.717, 1.165) is 23.4 Å². The second-order valence-electron chi connectivity index (χ2n) is 8.12. The molecule has 2 aliphatic heterocycles. The minimum absolute atomic E-state index is 0.0871. The molecule has 2 aliphatic rings. The number of carbonyl (C=O) groups is 2. The molecular formula is C23H28N4O4S. The second kappa shape index (κ2) is 9.30. The lowest BCUT2D eigenvalue weighted by Gasteiger charge is -2.34. The Morgan fingerprint density at radius 3 is 2.31 bits per heavy atom. The number of sulfonamides is 1. The lowest BCUT2D eigenvalue weighted by atomic mass is 10.2. The molecule has 2 fully saturated rings. The Balaban J connectivity index is 1.34. The summed E-state index contributed by atoms with van der Waals surface area (Å²) in [4.78, 5) is 28.6. The van der Waals surface area contributed by atoms with E-state index >= 15 is 0 Å². The molecule has 0 radical (unpaired) electrons. The molecule has 1 N–H and O–H groups in total. The van der Waals surface area contributed by atoms with Gasteiger partial charge in [0.2, 0.25) is 21.8 Å². The van der Waals surface area contributed by atoms with Gasteiger partial charge in [0.05, 0.1) is 22.8 Å². The number of anilines is 2. The van der Waals surface area contributed by atoms with E-state index in [0.29, 0.717) is 26.1 Å². The highest BCUT2D eigenvalue weighted by Gasteiger charge is 2.30. The Bertz CT molecular complexity index is 1090. The Kier molecular flexibility index (Phi) is 6.48. The summed E-state index contributed by atoms with van der Waals surface area (Å²) in [7, 11) is -3.56. The minimum atomic E-state index is -3.56. The largest absolute Gasteiger partial charge is 0.374 e. The summed E-state index contributed by atoms with van der Waals surface area (Å²) in [5.74, 6) is -0.00331. The first-order chi connectivity index (χ1) is 15.4. The summed E-state index contributed by atoms with van der Waals surface area (Å²) in [6.45, 7) is 3.90. The first-order valence-corrected chi connectivity index (χ1v) is 12.3. The molecule has 0 saturated carbocycles. The van der Waals surface area contributed by atoms with E-state index < -0.39 is 10.0 Å². The van der Waals surface area contributed by atoms with Crippen LogP contribution in [0, 0.1) is 6.92 Å². The highest BCUT2D eigenvalue weighted by molar-refractivity contribution is 7.89. The molecule has 0 bridgehead atoms. The Labute approximate surface area is 188 Å². The molecule has 0 aliphatic carbocycles. The van der Waals surface area contributed by atoms with Gasteiger partial charge in [-0.1, -0.05) is 29.8 Å². The highest BCUT2D eigenvalue weighted by Crippen LogP contribution is 2.29. The van der Waals surface area contributed by atoms with Crippen LogP contribution < -0.4 is 10.2 Å². The molecular weight excluding hydrogens is 428 g/mol. The van der Waals surface area contributed by atoms with Gasteiger partial charge < -0.3 is 15.1 Å². The summed E-state index contributed by atoms with van der Waals surface area (Å²) in [5.41, 5.74) is 2.54. The number of benzene rings is 2. The lowest BCUT2D eigenvalue weighted by Crippen LogP contribution is -2.51. The molecule has 2 saturated heterocycles. The number of aryl methyl sites for hydroxylation is 1. The summed E-state index contributed by atoms with van der Waals surface area (Å²) < 4.78 is 27.1. The SMILES string of the molecule is Cc1ccc(S(=O)(=O)N2CCN(C(=O)CNc3ccccc3N3CCCC3=O)CC2)cc1. The van der Waals surface area contributed by atoms with Gasteiger partial charge in [0.1, 0.15) is 0 Å². The van der Waals surface area contributed by atoms with Crippen LogP contribution in [0.1, 0.15) is 18.4 Å². The predicted molar refractivity (Wildman–Crippen MR) is 123 cm³/mol. The van der Waals surface area contributed by atoms with E-state index in [1.165, 1.54) is 4.31 Å². The summed E-state index contributed by atoms with van der Waals surface area (Å²) >= 11 is 0. The molecule has 2 aromatic rings. The molecule has 0 atom stereocenters. The van der Waals surface area contributed by atoms with Gasteiger partial charge in [0.15, 0.2) is 0 Å². The van der Waals surface area contributed by atoms with Crippen LogP contribution in [0.25, 0.3) is 0 Å². The van der Waals surface area contributed by atoms with E-state index in [4.69, 9.17) is 0 Å². The zero-order valence-electron chi connectivity index (χ0n) is 18.2. The van der Waals surface area contributed by atoms with Crippen LogP contribution in [0.3, 0.4) is 0 Å². The zero-order valence-corrected chi connectivity index (χ0v) is 19.0. The monoisotopic (exact) mass is 456 g/mol. The Morgan fingerprint density at radius 1 is 0.969 bits per heavy atom. The van der Waals surface area contributed by atoms with Crippen LogP contribution in [0.5, 0.6) is 0 Å². The van der Waals surface area contributed by atoms with E-state index in [-0.39, 0.29) is 36.3 Å². The third-order valence-electron chi connectivity index (χ3n) is 5.95. The van der Waals surface area contributed by atoms with E-state index in [2.05, 4.69) is 5.32 Å². The van der Waals surface area contributed by atoms with Crippen molar-refractivity contribution >= 4 is 33.2 Å². The average molecular weight is 457 g/mol. The van der Waals surface area contributed by atoms with Crippen molar-refractivity contribution < 1.29 is 18.0 Å². The third kappa shape index (κ3) is 4.63. The number of nitrogens with zero attached hydrogens (tertiary/aromatic N) is 3. The second-order valence-corrected chi connectivity index (χ2v) is 10.1. The molecule has 0 spiro atoms. The average Bonchev–Trinajstić information content (AvgIpc) is 3.23. The van der Waals surface area contributed by atoms with Gasteiger partial charge in [-0.2, -0.15) is 4.31 Å². The van der Waals surface area contributed by atoms with Gasteiger partial charge in [0, 0.05) is 39.1 Å². The quantitative estimate of drug-likeness (QED) is 0.719. The maximum absolute atomic E-state index is 12.9. The number of para-hydroxylation sites is 2. The summed E-state index contributed by atoms with van der Waals surface area (Å²) in [6.07, 6.45) is 1.38. The maximum atomic E-state index is 12.9. The van der Waals surface area contributed by atoms with Crippen molar-refractivity contribution in [3.63, 3.8) is 0 Å². The number of carbonyl (C=O) groups excluding carboxylic acids is 2. The smallest absolute Gasteiger partial charge is 0.243 e. The van der Waals surface area contributed by atoms with Crippen molar-refractivity contribution in [1.82, 2.24) is 9.21 Å². The van der Waals surface area contributed by atoms with Crippen molar-refractivity contribution in [2.75, 3.05) is 49.5 Å². The first kappa shape index (κ1) is 22.3. The number of rotatable bonds is 6. The Morgan fingerprint density at radius 2 is 1.66 bits per heavy atom. The molecule has 32 heavy (non-hydrogen) atoms. The minimum Gasteiger partial charge on any atom is -0.374 e. The van der Waals surface area contributed by atoms with Crippen LogP contribution in [0.4, 0.5) is 11.4 Å². The zero-order chi connectivity index (χ0) is 22.7. The maximum Gasteiger partial charge on any atom is 0.243 e. The first-order valence-electron chi connectivity index (χ1n) is 10.8. The van der Waals surface area contributed by atoms with Crippen molar-refractivity contribution in [3.05, 3.63) is 54.1 Å². The normalized spacial score (nSPS) is 17.6. The van der Waals surface area contributed by atoms with Gasteiger partial charge in [-0.05, 0) is 37.6 Å². The predicted octanol–water partition coefficient (Wildman–Crippen LogP) is 2.07. The molecule has 4 rings (SSSR count). The third-order valence-corrected chi connectivity index (χ3v) is 7.86. The Hall–Kier alpha value is -2.91. The van der Waals surface area contributed by atoms with Crippen molar-refractivity contribution in [1.29, 1.82) is 0 Å². The molecule has 9 heteroatoms. The van der Waals surface area contributed by atoms with E-state index in [1.807, 2.05) is 31.2 Å². The number of piperazine rings is 1. The number of hydrogen-bond donors (Lipinski definition) is 1. The van der Waals surface area contributed by atoms with Crippen LogP contribution in [0.15, 0.2) is 53.4 Å². The number of nitrogens with one attached hydrogen (secondary N) is 1. The number of amides is 2. The van der Waals surface area contributed by atoms with Crippen molar-refractivity contribution in [3.8, 4) is 0 Å². The number of hydrogen-bond acceptors (Lipinski definition) is 5. The molecule has 170 valence electrons. The summed E-state index contributed by atoms with van der Waals surface area (Å²) in [6, 6.07) is 14.3. The molecule has 2 amide bonds. The van der Waals surface area contributed by atoms with Gasteiger partial charge >= 0.3 is 0 Å². The van der Waals surface area contributed by atoms with Crippen molar-refractivity contribution in [2.24, 2.45) is 0 Å². The van der Waals surface area contributed by atoms with Crippen LogP contribution >= 0.6 is 0 Å². The fraction of sp³-hybridized carbons (Fsp3) is 0.391. The van der Waals surface area contributed by atoms with Gasteiger partial charge in [-0.3, -0.25) is 9.59 Å². The highest BCUT2D eigenvalue weighted by atomic mass is 32.2. The molecule has 0 unspecified atom stereocenters. The molecule has 2 aromatic carbocycles. The van der Waals surface area contributed by atoms with Gasteiger partial charge in [-0.15, -0.1) is 0 Å². The standard InChI is InChI=1S/C23H28N4O4S/c1-18-8-10-19(11-9-18)32(30,31)26-15-13-25(14-16-26)23(29)17-24-20-5-2-3-6-21(20)27-12-4-7-22(27)28/h2-3,5-6,8-11,24H,4,7,12-17H2,1H3. The van der Waals surface area contributed by atoms with Gasteiger partial charge in [-0.25, -0.2) is 8.42 Å². The molecule has 2 heterocycles. The molecule has 0 aromatic heterocycles. The van der Waals surface area contributed by atoms with Gasteiger partial charge in [0.25, 0.3) is 0 Å². The fourth-order valence-electron chi connectivity index (χ4n) is 4.08. The molecule has 8 nitrogen and oxygen atoms in total. The topological polar surface area (TPSA) is 90.0 Å². The van der Waals surface area contributed by atoms with Crippen LogP contribution in [0.2, 0.25) is 0 Å². The fourth-order valence-corrected chi connectivity index (χ4v) is 5.50. The van der Waals surface area contributed by atoms with E-state index in [9.17, 15) is 18.0 Å². The van der Waals surface area contributed by atoms with Crippen LogP contribution in [-0.4, -0.2) is 68.7 Å². The summed E-state index contributed by atoms with van der Waals surface area (Å²) in [5, 5.41) is 3.16. The van der Waals surface area contributed by atoms with E-state index in [1.54, 1.807) is 34.1 Å².